The number of methoxy groups -OCH3 is 1. The molecule has 3 rings (SSSR count). The van der Waals surface area contributed by atoms with Crippen molar-refractivity contribution < 1.29 is 17.9 Å². The molecular formula is C20H17BrN2O4S. The summed E-state index contributed by atoms with van der Waals surface area (Å²) in [4.78, 5) is 12.3. The van der Waals surface area contributed by atoms with E-state index < -0.39 is 10.0 Å². The number of hydrogen-bond donors (Lipinski definition) is 2. The third-order valence-electron chi connectivity index (χ3n) is 3.87. The molecule has 6 nitrogen and oxygen atoms in total. The number of benzene rings is 3. The largest absolute Gasteiger partial charge is 0.497 e. The molecule has 0 fully saturated rings. The van der Waals surface area contributed by atoms with E-state index in [-0.39, 0.29) is 10.8 Å². The van der Waals surface area contributed by atoms with E-state index in [0.717, 1.165) is 4.47 Å². The number of amides is 1. The second-order valence-electron chi connectivity index (χ2n) is 5.82. The van der Waals surface area contributed by atoms with Crippen LogP contribution in [0.15, 0.2) is 82.2 Å². The topological polar surface area (TPSA) is 84.5 Å². The SMILES string of the molecule is COc1ccc(NS(=O)(=O)c2ccc(NC(=O)c3ccc(Br)cc3)cc2)cc1. The lowest BCUT2D eigenvalue weighted by Crippen LogP contribution is -2.14. The second-order valence-corrected chi connectivity index (χ2v) is 8.42. The Morgan fingerprint density at radius 2 is 1.43 bits per heavy atom. The van der Waals surface area contributed by atoms with E-state index in [4.69, 9.17) is 4.74 Å². The van der Waals surface area contributed by atoms with Crippen LogP contribution in [0.2, 0.25) is 0 Å². The van der Waals surface area contributed by atoms with Crippen LogP contribution in [-0.4, -0.2) is 21.4 Å². The highest BCUT2D eigenvalue weighted by molar-refractivity contribution is 9.10. The van der Waals surface area contributed by atoms with Crippen LogP contribution in [0.25, 0.3) is 0 Å². The first-order valence-corrected chi connectivity index (χ1v) is 10.5. The van der Waals surface area contributed by atoms with E-state index in [2.05, 4.69) is 26.0 Å². The van der Waals surface area contributed by atoms with Gasteiger partial charge < -0.3 is 10.1 Å². The van der Waals surface area contributed by atoms with Crippen molar-refractivity contribution in [3.63, 3.8) is 0 Å². The molecule has 3 aromatic rings. The summed E-state index contributed by atoms with van der Waals surface area (Å²) in [5, 5.41) is 2.74. The molecule has 0 heterocycles. The van der Waals surface area contributed by atoms with Gasteiger partial charge in [-0.15, -0.1) is 0 Å². The Balaban J connectivity index is 1.70. The molecule has 0 spiro atoms. The highest BCUT2D eigenvalue weighted by Gasteiger charge is 2.14. The monoisotopic (exact) mass is 460 g/mol. The lowest BCUT2D eigenvalue weighted by atomic mass is 10.2. The van der Waals surface area contributed by atoms with Crippen LogP contribution in [0, 0.1) is 0 Å². The van der Waals surface area contributed by atoms with Gasteiger partial charge in [0.05, 0.1) is 12.0 Å². The molecule has 0 saturated heterocycles. The van der Waals surface area contributed by atoms with Crippen LogP contribution >= 0.6 is 15.9 Å². The second kappa shape index (κ2) is 8.45. The number of nitrogens with one attached hydrogen (secondary N) is 2. The van der Waals surface area contributed by atoms with Gasteiger partial charge in [-0.1, -0.05) is 15.9 Å². The molecule has 0 aromatic heterocycles. The van der Waals surface area contributed by atoms with Crippen LogP contribution in [-0.2, 0) is 10.0 Å². The van der Waals surface area contributed by atoms with Gasteiger partial charge in [0.15, 0.2) is 0 Å². The Morgan fingerprint density at radius 3 is 2.00 bits per heavy atom. The highest BCUT2D eigenvalue weighted by Crippen LogP contribution is 2.21. The standard InChI is InChI=1S/C20H17BrN2O4S/c1-27-18-10-6-17(7-11-18)23-28(25,26)19-12-8-16(9-13-19)22-20(24)14-2-4-15(21)5-3-14/h2-13,23H,1H3,(H,22,24). The van der Waals surface area contributed by atoms with E-state index in [9.17, 15) is 13.2 Å². The van der Waals surface area contributed by atoms with Crippen LogP contribution < -0.4 is 14.8 Å². The molecular weight excluding hydrogens is 444 g/mol. The minimum absolute atomic E-state index is 0.0879. The summed E-state index contributed by atoms with van der Waals surface area (Å²) >= 11 is 3.32. The predicted octanol–water partition coefficient (Wildman–Crippen LogP) is 4.51. The number of ether oxygens (including phenoxy) is 1. The third kappa shape index (κ3) is 4.90. The van der Waals surface area contributed by atoms with Gasteiger partial charge in [-0.25, -0.2) is 8.42 Å². The average Bonchev–Trinajstić information content (AvgIpc) is 2.69. The van der Waals surface area contributed by atoms with Crippen molar-refractivity contribution in [2.75, 3.05) is 17.1 Å². The minimum atomic E-state index is -3.74. The van der Waals surface area contributed by atoms with E-state index in [0.29, 0.717) is 22.7 Å². The summed E-state index contributed by atoms with van der Waals surface area (Å²) in [6.45, 7) is 0. The van der Waals surface area contributed by atoms with Crippen molar-refractivity contribution in [2.45, 2.75) is 4.90 Å². The maximum atomic E-state index is 12.5. The number of anilines is 2. The number of carbonyl (C=O) groups is 1. The molecule has 0 radical (unpaired) electrons. The smallest absolute Gasteiger partial charge is 0.261 e. The summed E-state index contributed by atoms with van der Waals surface area (Å²) in [6, 6.07) is 19.4. The molecule has 0 saturated carbocycles. The zero-order valence-corrected chi connectivity index (χ0v) is 17.2. The third-order valence-corrected chi connectivity index (χ3v) is 5.80. The highest BCUT2D eigenvalue weighted by atomic mass is 79.9. The fourth-order valence-corrected chi connectivity index (χ4v) is 3.72. The van der Waals surface area contributed by atoms with Gasteiger partial charge in [0.25, 0.3) is 15.9 Å². The van der Waals surface area contributed by atoms with Crippen molar-refractivity contribution in [2.24, 2.45) is 0 Å². The molecule has 0 atom stereocenters. The van der Waals surface area contributed by atoms with E-state index in [1.54, 1.807) is 60.7 Å². The Bertz CT molecular complexity index is 1060. The summed E-state index contributed by atoms with van der Waals surface area (Å²) in [5.41, 5.74) is 1.42. The van der Waals surface area contributed by atoms with Gasteiger partial charge in [-0.05, 0) is 72.8 Å². The number of sulfonamides is 1. The number of halogens is 1. The van der Waals surface area contributed by atoms with Crippen LogP contribution in [0.3, 0.4) is 0 Å². The lowest BCUT2D eigenvalue weighted by molar-refractivity contribution is 0.102. The molecule has 3 aromatic carbocycles. The fraction of sp³-hybridized carbons (Fsp3) is 0.0500. The minimum Gasteiger partial charge on any atom is -0.497 e. The lowest BCUT2D eigenvalue weighted by Gasteiger charge is -2.10. The van der Waals surface area contributed by atoms with E-state index >= 15 is 0 Å². The Morgan fingerprint density at radius 1 is 0.857 bits per heavy atom. The van der Waals surface area contributed by atoms with Gasteiger partial charge in [0, 0.05) is 21.4 Å². The van der Waals surface area contributed by atoms with Crippen molar-refractivity contribution in [1.82, 2.24) is 0 Å². The summed E-state index contributed by atoms with van der Waals surface area (Å²) < 4.78 is 33.4. The zero-order chi connectivity index (χ0) is 20.1. The Hall–Kier alpha value is -2.84. The number of rotatable bonds is 6. The Kier molecular flexibility index (Phi) is 6.01. The molecule has 8 heteroatoms. The molecule has 0 aliphatic heterocycles. The quantitative estimate of drug-likeness (QED) is 0.566. The molecule has 0 aliphatic rings. The maximum absolute atomic E-state index is 12.5. The molecule has 0 bridgehead atoms. The van der Waals surface area contributed by atoms with Crippen molar-refractivity contribution >= 4 is 43.2 Å². The number of hydrogen-bond acceptors (Lipinski definition) is 4. The maximum Gasteiger partial charge on any atom is 0.261 e. The summed E-state index contributed by atoms with van der Waals surface area (Å²) in [5.74, 6) is 0.355. The van der Waals surface area contributed by atoms with E-state index in [1.165, 1.54) is 19.2 Å². The first-order chi connectivity index (χ1) is 13.4. The Labute approximate surface area is 171 Å². The number of carbonyl (C=O) groups excluding carboxylic acids is 1. The molecule has 0 unspecified atom stereocenters. The molecule has 0 aliphatic carbocycles. The zero-order valence-electron chi connectivity index (χ0n) is 14.8. The van der Waals surface area contributed by atoms with Gasteiger partial charge in [-0.2, -0.15) is 0 Å². The van der Waals surface area contributed by atoms with Gasteiger partial charge in [0.1, 0.15) is 5.75 Å². The summed E-state index contributed by atoms with van der Waals surface area (Å²) in [7, 11) is -2.21. The average molecular weight is 461 g/mol. The fourth-order valence-electron chi connectivity index (χ4n) is 2.40. The predicted molar refractivity (Wildman–Crippen MR) is 112 cm³/mol. The first kappa shape index (κ1) is 19.9. The molecule has 28 heavy (non-hydrogen) atoms. The van der Waals surface area contributed by atoms with Gasteiger partial charge in [-0.3, -0.25) is 9.52 Å². The summed E-state index contributed by atoms with van der Waals surface area (Å²) in [6.07, 6.45) is 0. The van der Waals surface area contributed by atoms with Gasteiger partial charge in [0.2, 0.25) is 0 Å². The van der Waals surface area contributed by atoms with Crippen molar-refractivity contribution in [3.8, 4) is 5.75 Å². The normalized spacial score (nSPS) is 10.9. The molecule has 2 N–H and O–H groups in total. The van der Waals surface area contributed by atoms with Crippen molar-refractivity contribution in [1.29, 1.82) is 0 Å². The first-order valence-electron chi connectivity index (χ1n) is 8.21. The van der Waals surface area contributed by atoms with Crippen LogP contribution in [0.5, 0.6) is 5.75 Å². The van der Waals surface area contributed by atoms with Crippen LogP contribution in [0.4, 0.5) is 11.4 Å². The van der Waals surface area contributed by atoms with Gasteiger partial charge >= 0.3 is 0 Å². The van der Waals surface area contributed by atoms with Crippen molar-refractivity contribution in [3.05, 3.63) is 82.8 Å². The van der Waals surface area contributed by atoms with E-state index in [1.807, 2.05) is 0 Å². The molecule has 1 amide bonds. The van der Waals surface area contributed by atoms with Crippen LogP contribution in [0.1, 0.15) is 10.4 Å². The molecule has 144 valence electrons.